The molecular formula is C16H21NO4S2. The molecule has 0 N–H and O–H groups in total. The molecule has 0 aromatic carbocycles. The van der Waals surface area contributed by atoms with Gasteiger partial charge in [-0.2, -0.15) is 0 Å². The molecule has 0 radical (unpaired) electrons. The van der Waals surface area contributed by atoms with Crippen molar-refractivity contribution in [3.05, 3.63) is 17.0 Å². The van der Waals surface area contributed by atoms with Gasteiger partial charge in [-0.05, 0) is 38.1 Å². The molecule has 0 saturated carbocycles. The van der Waals surface area contributed by atoms with Crippen LogP contribution in [-0.4, -0.2) is 34.9 Å². The van der Waals surface area contributed by atoms with Gasteiger partial charge in [0.05, 0.1) is 5.56 Å². The molecule has 23 heavy (non-hydrogen) atoms. The number of thiophene rings is 1. The minimum atomic E-state index is -0.577. The maximum atomic E-state index is 12.3. The number of carbonyl (C=O) groups excluding carboxylic acids is 3. The number of amides is 1. The Morgan fingerprint density at radius 3 is 2.74 bits per heavy atom. The highest BCUT2D eigenvalue weighted by atomic mass is 32.2. The summed E-state index contributed by atoms with van der Waals surface area (Å²) in [7, 11) is 0. The molecule has 1 atom stereocenters. The Balaban J connectivity index is 2.11. The van der Waals surface area contributed by atoms with E-state index >= 15 is 0 Å². The lowest BCUT2D eigenvalue weighted by Gasteiger charge is -2.21. The van der Waals surface area contributed by atoms with Crippen molar-refractivity contribution in [2.75, 3.05) is 17.2 Å². The fourth-order valence-corrected chi connectivity index (χ4v) is 3.93. The van der Waals surface area contributed by atoms with Gasteiger partial charge in [0.1, 0.15) is 10.6 Å². The van der Waals surface area contributed by atoms with E-state index in [9.17, 15) is 14.4 Å². The Hall–Kier alpha value is -1.34. The first-order valence-electron chi connectivity index (χ1n) is 7.42. The van der Waals surface area contributed by atoms with Crippen molar-refractivity contribution >= 4 is 45.1 Å². The zero-order valence-corrected chi connectivity index (χ0v) is 15.4. The third-order valence-corrected chi connectivity index (χ3v) is 5.22. The predicted molar refractivity (Wildman–Crippen MR) is 93.1 cm³/mol. The van der Waals surface area contributed by atoms with E-state index in [2.05, 4.69) is 0 Å². The first-order chi connectivity index (χ1) is 10.7. The van der Waals surface area contributed by atoms with Crippen LogP contribution in [0.15, 0.2) is 11.4 Å². The molecule has 0 bridgehead atoms. The molecule has 2 rings (SSSR count). The second-order valence-corrected chi connectivity index (χ2v) is 8.61. The quantitative estimate of drug-likeness (QED) is 0.775. The zero-order valence-electron chi connectivity index (χ0n) is 13.8. The van der Waals surface area contributed by atoms with Crippen LogP contribution in [0.1, 0.15) is 44.5 Å². The van der Waals surface area contributed by atoms with Crippen LogP contribution in [-0.2, 0) is 14.3 Å². The number of nitrogens with zero attached hydrogens (tertiary/aromatic N) is 1. The van der Waals surface area contributed by atoms with Gasteiger partial charge < -0.3 is 9.64 Å². The number of hydrogen-bond acceptors (Lipinski definition) is 6. The van der Waals surface area contributed by atoms with Crippen molar-refractivity contribution in [3.8, 4) is 0 Å². The van der Waals surface area contributed by atoms with E-state index in [1.165, 1.54) is 30.0 Å². The van der Waals surface area contributed by atoms with E-state index in [1.54, 1.807) is 16.3 Å². The molecule has 1 aromatic heterocycles. The minimum Gasteiger partial charge on any atom is -0.456 e. The lowest BCUT2D eigenvalue weighted by Crippen LogP contribution is -2.28. The van der Waals surface area contributed by atoms with Crippen LogP contribution >= 0.6 is 23.1 Å². The van der Waals surface area contributed by atoms with E-state index in [-0.39, 0.29) is 16.9 Å². The monoisotopic (exact) mass is 355 g/mol. The number of esters is 1. The minimum absolute atomic E-state index is 0.00795. The summed E-state index contributed by atoms with van der Waals surface area (Å²) < 4.78 is 5.40. The molecule has 1 saturated heterocycles. The molecule has 1 fully saturated rings. The van der Waals surface area contributed by atoms with Crippen molar-refractivity contribution < 1.29 is 19.1 Å². The molecule has 7 heteroatoms. The molecule has 0 aliphatic carbocycles. The van der Waals surface area contributed by atoms with E-state index in [0.29, 0.717) is 29.3 Å². The molecule has 2 heterocycles. The second kappa shape index (κ2) is 7.05. The maximum Gasteiger partial charge on any atom is 0.341 e. The average Bonchev–Trinajstić information content (AvgIpc) is 3.00. The van der Waals surface area contributed by atoms with Crippen molar-refractivity contribution in [2.24, 2.45) is 5.92 Å². The zero-order chi connectivity index (χ0) is 17.2. The van der Waals surface area contributed by atoms with Gasteiger partial charge in [-0.1, -0.05) is 11.8 Å². The van der Waals surface area contributed by atoms with Gasteiger partial charge >= 0.3 is 5.97 Å². The van der Waals surface area contributed by atoms with Crippen molar-refractivity contribution in [1.29, 1.82) is 0 Å². The van der Waals surface area contributed by atoms with Gasteiger partial charge in [-0.25, -0.2) is 4.79 Å². The van der Waals surface area contributed by atoms with Crippen molar-refractivity contribution in [2.45, 2.75) is 39.7 Å². The largest absolute Gasteiger partial charge is 0.456 e. The van der Waals surface area contributed by atoms with Crippen LogP contribution in [0.3, 0.4) is 0 Å². The molecule has 1 aliphatic heterocycles. The molecule has 1 unspecified atom stereocenters. The van der Waals surface area contributed by atoms with E-state index in [0.717, 1.165) is 0 Å². The Morgan fingerprint density at radius 2 is 2.13 bits per heavy atom. The summed E-state index contributed by atoms with van der Waals surface area (Å²) in [5, 5.41) is 2.49. The maximum absolute atomic E-state index is 12.3. The molecule has 126 valence electrons. The molecular weight excluding hydrogens is 334 g/mol. The van der Waals surface area contributed by atoms with Crippen LogP contribution < -0.4 is 4.90 Å². The Morgan fingerprint density at radius 1 is 1.43 bits per heavy atom. The summed E-state index contributed by atoms with van der Waals surface area (Å²) >= 11 is 2.60. The van der Waals surface area contributed by atoms with E-state index < -0.39 is 11.6 Å². The number of carbonyl (C=O) groups is 3. The lowest BCUT2D eigenvalue weighted by molar-refractivity contribution is -0.117. The summed E-state index contributed by atoms with van der Waals surface area (Å²) in [5.41, 5.74) is -0.149. The first kappa shape index (κ1) is 18.0. The first-order valence-corrected chi connectivity index (χ1v) is 9.28. The van der Waals surface area contributed by atoms with Gasteiger partial charge in [0.2, 0.25) is 5.91 Å². The van der Waals surface area contributed by atoms with Gasteiger partial charge in [0, 0.05) is 25.6 Å². The third-order valence-electron chi connectivity index (χ3n) is 3.24. The van der Waals surface area contributed by atoms with Gasteiger partial charge in [-0.3, -0.25) is 9.59 Å². The second-order valence-electron chi connectivity index (χ2n) is 6.52. The number of rotatable bonds is 4. The van der Waals surface area contributed by atoms with Crippen LogP contribution in [0.5, 0.6) is 0 Å². The Kier molecular flexibility index (Phi) is 5.52. The van der Waals surface area contributed by atoms with Crippen LogP contribution in [0.25, 0.3) is 0 Å². The molecule has 1 aliphatic rings. The average molecular weight is 355 g/mol. The lowest BCUT2D eigenvalue weighted by atomic mass is 10.1. The highest BCUT2D eigenvalue weighted by molar-refractivity contribution is 8.13. The third kappa shape index (κ3) is 4.81. The Labute approximate surface area is 144 Å². The molecule has 1 amide bonds. The van der Waals surface area contributed by atoms with Crippen LogP contribution in [0, 0.1) is 5.92 Å². The van der Waals surface area contributed by atoms with Crippen LogP contribution in [0.2, 0.25) is 0 Å². The van der Waals surface area contributed by atoms with E-state index in [4.69, 9.17) is 4.74 Å². The molecule has 0 spiro atoms. The Bertz CT molecular complexity index is 618. The van der Waals surface area contributed by atoms with Crippen molar-refractivity contribution in [1.82, 2.24) is 0 Å². The number of anilines is 1. The highest BCUT2D eigenvalue weighted by Crippen LogP contribution is 2.34. The fraction of sp³-hybridized carbons (Fsp3) is 0.562. The summed E-state index contributed by atoms with van der Waals surface area (Å²) in [6.45, 7) is 7.50. The fourth-order valence-electron chi connectivity index (χ4n) is 2.32. The SMILES string of the molecule is CC(=O)SCC1CC(=O)N(c2sccc2C(=O)OC(C)(C)C)C1. The standard InChI is InChI=1S/C16H21NO4S2/c1-10(18)23-9-11-7-13(19)17(8-11)14-12(5-6-22-14)15(20)21-16(2,3)4/h5-6,11H,7-9H2,1-4H3. The summed E-state index contributed by atoms with van der Waals surface area (Å²) in [6.07, 6.45) is 0.409. The number of ether oxygens (including phenoxy) is 1. The number of hydrogen-bond donors (Lipinski definition) is 0. The number of thioether (sulfide) groups is 1. The molecule has 5 nitrogen and oxygen atoms in total. The van der Waals surface area contributed by atoms with Crippen LogP contribution in [0.4, 0.5) is 5.00 Å². The van der Waals surface area contributed by atoms with Gasteiger partial charge in [-0.15, -0.1) is 11.3 Å². The summed E-state index contributed by atoms with van der Waals surface area (Å²) in [6, 6.07) is 1.69. The highest BCUT2D eigenvalue weighted by Gasteiger charge is 2.34. The normalized spacial score (nSPS) is 18.3. The molecule has 1 aromatic rings. The van der Waals surface area contributed by atoms with E-state index in [1.807, 2.05) is 20.8 Å². The summed E-state index contributed by atoms with van der Waals surface area (Å²) in [4.78, 5) is 37.3. The smallest absolute Gasteiger partial charge is 0.341 e. The topological polar surface area (TPSA) is 63.7 Å². The summed E-state index contributed by atoms with van der Waals surface area (Å²) in [5.74, 6) is 0.338. The van der Waals surface area contributed by atoms with Gasteiger partial charge in [0.25, 0.3) is 0 Å². The van der Waals surface area contributed by atoms with Gasteiger partial charge in [0.15, 0.2) is 5.12 Å². The predicted octanol–water partition coefficient (Wildman–Crippen LogP) is 3.34. The van der Waals surface area contributed by atoms with Crippen molar-refractivity contribution in [3.63, 3.8) is 0 Å².